The maximum atomic E-state index is 12.7. The number of hydrogen-bond acceptors (Lipinski definition) is 4. The van der Waals surface area contributed by atoms with E-state index in [0.29, 0.717) is 13.1 Å². The molecule has 2 amide bonds. The van der Waals surface area contributed by atoms with Gasteiger partial charge in [0.05, 0.1) is 12.1 Å². The Morgan fingerprint density at radius 1 is 1.09 bits per heavy atom. The number of H-pyrrole nitrogens is 1. The van der Waals surface area contributed by atoms with E-state index in [9.17, 15) is 9.59 Å². The third-order valence-electron chi connectivity index (χ3n) is 6.29. The summed E-state index contributed by atoms with van der Waals surface area (Å²) in [6, 6.07) is 8.51. The molecule has 174 valence electrons. The summed E-state index contributed by atoms with van der Waals surface area (Å²) in [6.45, 7) is 10.9. The molecule has 2 heterocycles. The van der Waals surface area contributed by atoms with E-state index in [-0.39, 0.29) is 29.1 Å². The van der Waals surface area contributed by atoms with Gasteiger partial charge >= 0.3 is 0 Å². The van der Waals surface area contributed by atoms with Gasteiger partial charge in [0, 0.05) is 69.8 Å². The molecule has 1 N–H and O–H groups in total. The van der Waals surface area contributed by atoms with Gasteiger partial charge in [-0.15, -0.1) is 0 Å². The molecule has 0 spiro atoms. The van der Waals surface area contributed by atoms with Gasteiger partial charge in [-0.05, 0) is 18.2 Å². The summed E-state index contributed by atoms with van der Waals surface area (Å²) in [4.78, 5) is 30.4. The van der Waals surface area contributed by atoms with Crippen molar-refractivity contribution in [3.8, 4) is 0 Å². The number of nitrogens with zero attached hydrogens (tertiary/aromatic N) is 4. The Bertz CT molecular complexity index is 942. The number of hydrogen-bond donors (Lipinski definition) is 1. The van der Waals surface area contributed by atoms with E-state index >= 15 is 0 Å². The molecule has 3 rings (SSSR count). The average Bonchev–Trinajstić information content (AvgIpc) is 3.35. The lowest BCUT2D eigenvalue weighted by atomic mass is 9.87. The fourth-order valence-electron chi connectivity index (χ4n) is 4.59. The van der Waals surface area contributed by atoms with Gasteiger partial charge in [0.25, 0.3) is 0 Å². The smallest absolute Gasteiger partial charge is 0.227 e. The third kappa shape index (κ3) is 5.38. The molecule has 2 aromatic rings. The van der Waals surface area contributed by atoms with Crippen LogP contribution in [-0.4, -0.2) is 70.9 Å². The molecular weight excluding hydrogens is 402 g/mol. The topological polar surface area (TPSA) is 72.5 Å². The minimum absolute atomic E-state index is 0.0242. The van der Waals surface area contributed by atoms with E-state index in [0.717, 1.165) is 18.7 Å². The molecule has 1 fully saturated rings. The second-order valence-electron chi connectivity index (χ2n) is 10.3. The van der Waals surface area contributed by atoms with Gasteiger partial charge < -0.3 is 9.80 Å². The summed E-state index contributed by atoms with van der Waals surface area (Å²) in [5.74, 6) is -0.0614. The van der Waals surface area contributed by atoms with Crippen molar-refractivity contribution < 1.29 is 9.59 Å². The number of aromatic nitrogens is 2. The zero-order valence-electron chi connectivity index (χ0n) is 20.5. The van der Waals surface area contributed by atoms with Crippen molar-refractivity contribution >= 4 is 11.8 Å². The van der Waals surface area contributed by atoms with E-state index < -0.39 is 0 Å². The van der Waals surface area contributed by atoms with Gasteiger partial charge in [0.15, 0.2) is 0 Å². The summed E-state index contributed by atoms with van der Waals surface area (Å²) in [5.41, 5.74) is 4.76. The van der Waals surface area contributed by atoms with E-state index in [4.69, 9.17) is 0 Å². The molecular formula is C25H37N5O2. The highest BCUT2D eigenvalue weighted by Gasteiger charge is 2.40. The van der Waals surface area contributed by atoms with Crippen LogP contribution in [0.4, 0.5) is 0 Å². The predicted octanol–water partition coefficient (Wildman–Crippen LogP) is 2.99. The molecule has 1 aliphatic heterocycles. The third-order valence-corrected chi connectivity index (χ3v) is 6.29. The first-order chi connectivity index (χ1) is 15.0. The van der Waals surface area contributed by atoms with Crippen LogP contribution in [0.15, 0.2) is 30.5 Å². The van der Waals surface area contributed by atoms with Crippen LogP contribution in [0.1, 0.15) is 56.0 Å². The molecule has 0 unspecified atom stereocenters. The lowest BCUT2D eigenvalue weighted by Gasteiger charge is -2.23. The first-order valence-electron chi connectivity index (χ1n) is 11.2. The summed E-state index contributed by atoms with van der Waals surface area (Å²) in [6.07, 6.45) is 1.92. The number of benzene rings is 1. The maximum Gasteiger partial charge on any atom is 0.227 e. The molecule has 1 aliphatic rings. The van der Waals surface area contributed by atoms with Crippen molar-refractivity contribution in [1.82, 2.24) is 24.9 Å². The monoisotopic (exact) mass is 439 g/mol. The summed E-state index contributed by atoms with van der Waals surface area (Å²) >= 11 is 0. The van der Waals surface area contributed by atoms with Gasteiger partial charge in [0.2, 0.25) is 11.8 Å². The number of aromatic amines is 1. The lowest BCUT2D eigenvalue weighted by Crippen LogP contribution is -2.34. The largest absolute Gasteiger partial charge is 0.349 e. The zero-order chi connectivity index (χ0) is 23.6. The molecule has 0 aliphatic carbocycles. The number of carbonyl (C=O) groups is 2. The number of amides is 2. The van der Waals surface area contributed by atoms with Gasteiger partial charge in [-0.25, -0.2) is 0 Å². The Balaban J connectivity index is 1.69. The van der Waals surface area contributed by atoms with Gasteiger partial charge in [-0.1, -0.05) is 45.0 Å². The highest BCUT2D eigenvalue weighted by atomic mass is 16.2. The Kier molecular flexibility index (Phi) is 7.08. The normalized spacial score (nSPS) is 18.9. The van der Waals surface area contributed by atoms with Crippen molar-refractivity contribution in [2.75, 3.05) is 34.2 Å². The lowest BCUT2D eigenvalue weighted by molar-refractivity contribution is -0.133. The van der Waals surface area contributed by atoms with Crippen LogP contribution in [0, 0.1) is 5.92 Å². The van der Waals surface area contributed by atoms with Crippen LogP contribution < -0.4 is 0 Å². The van der Waals surface area contributed by atoms with Gasteiger partial charge in [0.1, 0.15) is 0 Å². The van der Waals surface area contributed by atoms with Crippen LogP contribution >= 0.6 is 0 Å². The molecule has 2 atom stereocenters. The second kappa shape index (κ2) is 9.45. The summed E-state index contributed by atoms with van der Waals surface area (Å²) < 4.78 is 0. The van der Waals surface area contributed by atoms with Crippen molar-refractivity contribution in [3.63, 3.8) is 0 Å². The first-order valence-corrected chi connectivity index (χ1v) is 11.2. The fourth-order valence-corrected chi connectivity index (χ4v) is 4.59. The van der Waals surface area contributed by atoms with E-state index in [1.54, 1.807) is 30.8 Å². The second-order valence-corrected chi connectivity index (χ2v) is 10.3. The van der Waals surface area contributed by atoms with Crippen LogP contribution in [-0.2, 0) is 28.1 Å². The highest BCUT2D eigenvalue weighted by Crippen LogP contribution is 2.34. The summed E-state index contributed by atoms with van der Waals surface area (Å²) in [7, 11) is 5.67. The summed E-state index contributed by atoms with van der Waals surface area (Å²) in [5, 5.41) is 7.40. The Labute approximate surface area is 191 Å². The average molecular weight is 440 g/mol. The highest BCUT2D eigenvalue weighted by molar-refractivity contribution is 5.82. The molecule has 0 bridgehead atoms. The van der Waals surface area contributed by atoms with Gasteiger partial charge in [-0.2, -0.15) is 5.10 Å². The van der Waals surface area contributed by atoms with Crippen molar-refractivity contribution in [1.29, 1.82) is 0 Å². The maximum absolute atomic E-state index is 12.7. The molecule has 0 saturated carbocycles. The van der Waals surface area contributed by atoms with Crippen LogP contribution in [0.25, 0.3) is 0 Å². The predicted molar refractivity (Wildman–Crippen MR) is 126 cm³/mol. The minimum atomic E-state index is -0.195. The number of carbonyl (C=O) groups excluding carboxylic acids is 2. The molecule has 32 heavy (non-hydrogen) atoms. The van der Waals surface area contributed by atoms with Crippen LogP contribution in [0.3, 0.4) is 0 Å². The van der Waals surface area contributed by atoms with Crippen molar-refractivity contribution in [2.24, 2.45) is 5.92 Å². The molecule has 7 heteroatoms. The van der Waals surface area contributed by atoms with E-state index in [1.807, 2.05) is 6.20 Å². The van der Waals surface area contributed by atoms with Crippen LogP contribution in [0.2, 0.25) is 0 Å². The standard InChI is InChI=1S/C25H37N5O2/c1-17(31)30-15-21(22(16-30)24(32)28(5)6)19-10-8-18(9-11-19)13-29(7)14-20-12-26-27-23(20)25(2,3)4/h8-12,21-22H,13-16H2,1-7H3,(H,26,27)/t21-,22+/m1/s1. The minimum Gasteiger partial charge on any atom is -0.349 e. The molecule has 0 radical (unpaired) electrons. The fraction of sp³-hybridized carbons (Fsp3) is 0.560. The molecule has 7 nitrogen and oxygen atoms in total. The Morgan fingerprint density at radius 3 is 2.31 bits per heavy atom. The Hall–Kier alpha value is -2.67. The Morgan fingerprint density at radius 2 is 1.75 bits per heavy atom. The van der Waals surface area contributed by atoms with Gasteiger partial charge in [-0.3, -0.25) is 19.6 Å². The quantitative estimate of drug-likeness (QED) is 0.751. The number of likely N-dealkylation sites (tertiary alicyclic amines) is 1. The van der Waals surface area contributed by atoms with Crippen molar-refractivity contribution in [2.45, 2.75) is 52.1 Å². The number of rotatable bonds is 6. The van der Waals surface area contributed by atoms with Crippen LogP contribution in [0.5, 0.6) is 0 Å². The van der Waals surface area contributed by atoms with Crippen molar-refractivity contribution in [3.05, 3.63) is 52.8 Å². The zero-order valence-corrected chi connectivity index (χ0v) is 20.5. The number of nitrogens with one attached hydrogen (secondary N) is 1. The molecule has 1 saturated heterocycles. The van der Waals surface area contributed by atoms with E-state index in [2.05, 4.69) is 67.2 Å². The molecule has 1 aromatic heterocycles. The van der Waals surface area contributed by atoms with E-state index in [1.165, 1.54) is 16.8 Å². The molecule has 1 aromatic carbocycles. The first kappa shape index (κ1) is 24.0. The SMILES string of the molecule is CC(=O)N1C[C@H](C(=O)N(C)C)[C@@H](c2ccc(CN(C)Cc3cn[nH]c3C(C)(C)C)cc2)C1.